The molecular weight excluding hydrogens is 452 g/mol. The Morgan fingerprint density at radius 1 is 0.963 bits per heavy atom. The predicted octanol–water partition coefficient (Wildman–Crippen LogP) is 3.01. The molecule has 0 N–H and O–H groups in total. The minimum absolute atomic E-state index is 0.0616. The van der Waals surface area contributed by atoms with Gasteiger partial charge in [-0.15, -0.1) is 11.3 Å². The van der Waals surface area contributed by atoms with Gasteiger partial charge in [0.25, 0.3) is 10.0 Å². The summed E-state index contributed by atoms with van der Waals surface area (Å²) < 4.78 is 27.7. The number of carbonyl (C=O) groups is 2. The first kappa shape index (κ1) is 20.2. The molecule has 1 saturated heterocycles. The van der Waals surface area contributed by atoms with Crippen LogP contribution in [0.4, 0.5) is 0 Å². The lowest BCUT2D eigenvalue weighted by Crippen LogP contribution is -2.50. The second-order valence-electron chi connectivity index (χ2n) is 6.13. The SMILES string of the molecule is O=C(CCC(=O)N1CCN(S(=O)(=O)c2ccc(Br)s2)CC1)c1ccccc1. The van der Waals surface area contributed by atoms with Crippen molar-refractivity contribution in [2.45, 2.75) is 17.1 Å². The number of rotatable bonds is 6. The lowest BCUT2D eigenvalue weighted by Gasteiger charge is -2.33. The Bertz CT molecular complexity index is 920. The summed E-state index contributed by atoms with van der Waals surface area (Å²) in [4.78, 5) is 26.1. The topological polar surface area (TPSA) is 74.8 Å². The first-order valence-electron chi connectivity index (χ1n) is 8.49. The van der Waals surface area contributed by atoms with E-state index in [-0.39, 0.29) is 37.6 Å². The maximum Gasteiger partial charge on any atom is 0.252 e. The second kappa shape index (κ2) is 8.64. The van der Waals surface area contributed by atoms with E-state index in [1.165, 1.54) is 15.6 Å². The van der Waals surface area contributed by atoms with Crippen LogP contribution in [0.2, 0.25) is 0 Å². The van der Waals surface area contributed by atoms with E-state index in [1.807, 2.05) is 6.07 Å². The zero-order chi connectivity index (χ0) is 19.4. The molecule has 0 aliphatic carbocycles. The van der Waals surface area contributed by atoms with Crippen molar-refractivity contribution in [1.29, 1.82) is 0 Å². The van der Waals surface area contributed by atoms with Gasteiger partial charge in [-0.2, -0.15) is 4.31 Å². The highest BCUT2D eigenvalue weighted by Crippen LogP contribution is 2.29. The summed E-state index contributed by atoms with van der Waals surface area (Å²) in [5.41, 5.74) is 0.600. The number of carbonyl (C=O) groups excluding carboxylic acids is 2. The van der Waals surface area contributed by atoms with E-state index in [4.69, 9.17) is 0 Å². The fourth-order valence-electron chi connectivity index (χ4n) is 2.89. The molecule has 6 nitrogen and oxygen atoms in total. The van der Waals surface area contributed by atoms with Crippen molar-refractivity contribution in [2.24, 2.45) is 0 Å². The number of benzene rings is 1. The maximum absolute atomic E-state index is 12.6. The molecule has 27 heavy (non-hydrogen) atoms. The Kier molecular flexibility index (Phi) is 6.46. The van der Waals surface area contributed by atoms with E-state index in [9.17, 15) is 18.0 Å². The van der Waals surface area contributed by atoms with Crippen LogP contribution in [0.15, 0.2) is 50.5 Å². The molecule has 2 aromatic rings. The molecule has 1 fully saturated rings. The van der Waals surface area contributed by atoms with Gasteiger partial charge in [0.15, 0.2) is 5.78 Å². The number of halogens is 1. The Morgan fingerprint density at radius 3 is 2.22 bits per heavy atom. The van der Waals surface area contributed by atoms with Crippen molar-refractivity contribution < 1.29 is 18.0 Å². The molecule has 0 spiro atoms. The lowest BCUT2D eigenvalue weighted by atomic mass is 10.1. The summed E-state index contributed by atoms with van der Waals surface area (Å²) in [6.07, 6.45) is 0.295. The number of ketones is 1. The zero-order valence-corrected chi connectivity index (χ0v) is 17.7. The molecule has 0 bridgehead atoms. The molecule has 1 amide bonds. The van der Waals surface area contributed by atoms with Gasteiger partial charge in [-0.3, -0.25) is 9.59 Å². The molecule has 0 atom stereocenters. The molecule has 1 aliphatic rings. The number of thiophene rings is 1. The van der Waals surface area contributed by atoms with Crippen molar-refractivity contribution in [3.8, 4) is 0 Å². The Labute approximate surface area is 171 Å². The molecule has 3 rings (SSSR count). The fraction of sp³-hybridized carbons (Fsp3) is 0.333. The largest absolute Gasteiger partial charge is 0.340 e. The molecule has 2 heterocycles. The third-order valence-corrected chi connectivity index (χ3v) is 8.39. The number of amides is 1. The minimum atomic E-state index is -3.52. The Balaban J connectivity index is 1.51. The van der Waals surface area contributed by atoms with E-state index in [1.54, 1.807) is 41.3 Å². The zero-order valence-electron chi connectivity index (χ0n) is 14.5. The molecule has 1 aromatic carbocycles. The van der Waals surface area contributed by atoms with Gasteiger partial charge in [0.1, 0.15) is 4.21 Å². The van der Waals surface area contributed by atoms with E-state index in [0.29, 0.717) is 22.9 Å². The van der Waals surface area contributed by atoms with Crippen molar-refractivity contribution in [2.75, 3.05) is 26.2 Å². The van der Waals surface area contributed by atoms with Gasteiger partial charge in [0, 0.05) is 44.6 Å². The second-order valence-corrected chi connectivity index (χ2v) is 10.8. The quantitative estimate of drug-likeness (QED) is 0.608. The molecule has 9 heteroatoms. The van der Waals surface area contributed by atoms with Gasteiger partial charge < -0.3 is 4.90 Å². The average Bonchev–Trinajstić information content (AvgIpc) is 3.14. The molecule has 144 valence electrons. The number of sulfonamides is 1. The summed E-state index contributed by atoms with van der Waals surface area (Å²) in [6.45, 7) is 1.20. The third-order valence-electron chi connectivity index (χ3n) is 4.40. The minimum Gasteiger partial charge on any atom is -0.340 e. The van der Waals surface area contributed by atoms with E-state index >= 15 is 0 Å². The molecular formula is C18H19BrN2O4S2. The van der Waals surface area contributed by atoms with Gasteiger partial charge in [-0.1, -0.05) is 30.3 Å². The standard InChI is InChI=1S/C18H19BrN2O4S2/c19-16-7-9-18(26-16)27(24,25)21-12-10-20(11-13-21)17(23)8-6-15(22)14-4-2-1-3-5-14/h1-5,7,9H,6,8,10-13H2. The number of hydrogen-bond donors (Lipinski definition) is 0. The third kappa shape index (κ3) is 4.84. The number of Topliss-reactive ketones (excluding diaryl/α,β-unsaturated/α-hetero) is 1. The highest BCUT2D eigenvalue weighted by Gasteiger charge is 2.31. The van der Waals surface area contributed by atoms with Crippen LogP contribution in [0.25, 0.3) is 0 Å². The Hall–Kier alpha value is -1.55. The van der Waals surface area contributed by atoms with E-state index < -0.39 is 10.0 Å². The highest BCUT2D eigenvalue weighted by atomic mass is 79.9. The van der Waals surface area contributed by atoms with Crippen LogP contribution in [0.3, 0.4) is 0 Å². The predicted molar refractivity (Wildman–Crippen MR) is 107 cm³/mol. The van der Waals surface area contributed by atoms with Crippen molar-refractivity contribution in [1.82, 2.24) is 9.21 Å². The fourth-order valence-corrected chi connectivity index (χ4v) is 6.47. The van der Waals surface area contributed by atoms with Crippen molar-refractivity contribution >= 4 is 49.0 Å². The maximum atomic E-state index is 12.6. The van der Waals surface area contributed by atoms with Gasteiger partial charge in [-0.05, 0) is 28.1 Å². The van der Waals surface area contributed by atoms with Gasteiger partial charge in [-0.25, -0.2) is 8.42 Å². The summed E-state index contributed by atoms with van der Waals surface area (Å²) in [6, 6.07) is 12.2. The van der Waals surface area contributed by atoms with E-state index in [2.05, 4.69) is 15.9 Å². The van der Waals surface area contributed by atoms with Gasteiger partial charge in [0.2, 0.25) is 5.91 Å². The molecule has 1 aromatic heterocycles. The van der Waals surface area contributed by atoms with Crippen molar-refractivity contribution in [3.63, 3.8) is 0 Å². The monoisotopic (exact) mass is 470 g/mol. The summed E-state index contributed by atoms with van der Waals surface area (Å²) in [7, 11) is -3.52. The average molecular weight is 471 g/mol. The molecule has 0 saturated carbocycles. The first-order valence-corrected chi connectivity index (χ1v) is 11.5. The van der Waals surface area contributed by atoms with Crippen LogP contribution in [0.1, 0.15) is 23.2 Å². The van der Waals surface area contributed by atoms with Gasteiger partial charge in [0.05, 0.1) is 3.79 Å². The highest BCUT2D eigenvalue weighted by molar-refractivity contribution is 9.11. The number of hydrogen-bond acceptors (Lipinski definition) is 5. The van der Waals surface area contributed by atoms with E-state index in [0.717, 1.165) is 3.79 Å². The number of nitrogens with zero attached hydrogens (tertiary/aromatic N) is 2. The first-order chi connectivity index (χ1) is 12.9. The Morgan fingerprint density at radius 2 is 1.63 bits per heavy atom. The van der Waals surface area contributed by atoms with Crippen LogP contribution >= 0.6 is 27.3 Å². The summed E-state index contributed by atoms with van der Waals surface area (Å²) in [5, 5.41) is 0. The molecule has 0 unspecified atom stereocenters. The smallest absolute Gasteiger partial charge is 0.252 e. The van der Waals surface area contributed by atoms with Crippen LogP contribution in [0.5, 0.6) is 0 Å². The lowest BCUT2D eigenvalue weighted by molar-refractivity contribution is -0.132. The van der Waals surface area contributed by atoms with Gasteiger partial charge >= 0.3 is 0 Å². The molecule has 0 radical (unpaired) electrons. The number of piperazine rings is 1. The molecule has 1 aliphatic heterocycles. The summed E-state index contributed by atoms with van der Waals surface area (Å²) >= 11 is 4.45. The van der Waals surface area contributed by atoms with Crippen molar-refractivity contribution in [3.05, 3.63) is 51.8 Å². The van der Waals surface area contributed by atoms with Crippen LogP contribution < -0.4 is 0 Å². The van der Waals surface area contributed by atoms with Crippen LogP contribution in [-0.2, 0) is 14.8 Å². The normalized spacial score (nSPS) is 15.7. The van der Waals surface area contributed by atoms with Crippen LogP contribution in [0, 0.1) is 0 Å². The summed E-state index contributed by atoms with van der Waals surface area (Å²) in [5.74, 6) is -0.177. The van der Waals surface area contributed by atoms with Crippen LogP contribution in [-0.4, -0.2) is 55.5 Å².